The molecule has 0 spiro atoms. The highest BCUT2D eigenvalue weighted by atomic mass is 35.5. The molecule has 1 N–H and O–H groups in total. The van der Waals surface area contributed by atoms with E-state index in [4.69, 9.17) is 16.3 Å². The largest absolute Gasteiger partial charge is 0.383 e. The second-order valence-electron chi connectivity index (χ2n) is 7.43. The quantitative estimate of drug-likeness (QED) is 0.411. The van der Waals surface area contributed by atoms with Crippen molar-refractivity contribution in [3.05, 3.63) is 89.3 Å². The van der Waals surface area contributed by atoms with Crippen LogP contribution in [0.15, 0.2) is 72.9 Å². The van der Waals surface area contributed by atoms with Crippen LogP contribution in [0.2, 0.25) is 5.02 Å². The van der Waals surface area contributed by atoms with E-state index in [1.807, 2.05) is 54.1 Å². The molecule has 31 heavy (non-hydrogen) atoms. The molecule has 1 amide bonds. The number of carbonyl (C=O) groups excluding carboxylic acids is 1. The van der Waals surface area contributed by atoms with Gasteiger partial charge in [0, 0.05) is 52.1 Å². The molecule has 4 nitrogen and oxygen atoms in total. The third kappa shape index (κ3) is 4.33. The Kier molecular flexibility index (Phi) is 6.07. The third-order valence-electron chi connectivity index (χ3n) is 5.13. The van der Waals surface area contributed by atoms with E-state index in [1.54, 1.807) is 25.3 Å². The molecule has 1 aromatic heterocycles. The molecule has 0 aliphatic heterocycles. The van der Waals surface area contributed by atoms with Gasteiger partial charge >= 0.3 is 0 Å². The highest BCUT2D eigenvalue weighted by molar-refractivity contribution is 6.33. The van der Waals surface area contributed by atoms with E-state index in [0.717, 1.165) is 27.7 Å². The lowest BCUT2D eigenvalue weighted by Gasteiger charge is -2.13. The lowest BCUT2D eigenvalue weighted by molar-refractivity contribution is 0.0905. The summed E-state index contributed by atoms with van der Waals surface area (Å²) in [5.41, 5.74) is 4.00. The molecule has 1 heterocycles. The Morgan fingerprint density at radius 1 is 1.10 bits per heavy atom. The first-order valence-corrected chi connectivity index (χ1v) is 10.3. The number of carbonyl (C=O) groups is 1. The normalized spacial score (nSPS) is 12.1. The minimum absolute atomic E-state index is 0.111. The third-order valence-corrected chi connectivity index (χ3v) is 5.46. The van der Waals surface area contributed by atoms with Gasteiger partial charge in [-0.2, -0.15) is 0 Å². The number of fused-ring (bicyclic) bond motifs is 1. The van der Waals surface area contributed by atoms with Crippen molar-refractivity contribution < 1.29 is 13.9 Å². The van der Waals surface area contributed by atoms with Crippen molar-refractivity contribution in [3.63, 3.8) is 0 Å². The van der Waals surface area contributed by atoms with Crippen LogP contribution in [0.3, 0.4) is 0 Å². The molecule has 0 fully saturated rings. The SMILES string of the molecule is COCC(C)NC(=O)c1ccc2c(c1)c(-c1ccccc1Cl)cn2-c1ccc(F)cc1. The van der Waals surface area contributed by atoms with E-state index in [9.17, 15) is 9.18 Å². The Balaban J connectivity index is 1.86. The lowest BCUT2D eigenvalue weighted by atomic mass is 10.0. The zero-order valence-corrected chi connectivity index (χ0v) is 18.0. The van der Waals surface area contributed by atoms with Crippen LogP contribution in [-0.2, 0) is 4.74 Å². The highest BCUT2D eigenvalue weighted by Crippen LogP contribution is 2.36. The first-order valence-electron chi connectivity index (χ1n) is 9.93. The van der Waals surface area contributed by atoms with Crippen LogP contribution in [0.25, 0.3) is 27.7 Å². The summed E-state index contributed by atoms with van der Waals surface area (Å²) >= 11 is 6.49. The minimum atomic E-state index is -0.296. The summed E-state index contributed by atoms with van der Waals surface area (Å²) in [6.07, 6.45) is 1.97. The molecule has 0 radical (unpaired) electrons. The van der Waals surface area contributed by atoms with Gasteiger partial charge in [-0.25, -0.2) is 4.39 Å². The Labute approximate surface area is 185 Å². The van der Waals surface area contributed by atoms with Crippen molar-refractivity contribution in [2.45, 2.75) is 13.0 Å². The summed E-state index contributed by atoms with van der Waals surface area (Å²) in [5, 5.41) is 4.43. The predicted octanol–water partition coefficient (Wildman–Crippen LogP) is 5.85. The summed E-state index contributed by atoms with van der Waals surface area (Å²) < 4.78 is 20.5. The number of nitrogens with one attached hydrogen (secondary N) is 1. The Bertz CT molecular complexity index is 1230. The van der Waals surface area contributed by atoms with Gasteiger partial charge in [-0.3, -0.25) is 4.79 Å². The van der Waals surface area contributed by atoms with Crippen molar-refractivity contribution >= 4 is 28.4 Å². The highest BCUT2D eigenvalue weighted by Gasteiger charge is 2.17. The Morgan fingerprint density at radius 2 is 1.84 bits per heavy atom. The number of benzene rings is 3. The number of halogens is 2. The number of ether oxygens (including phenoxy) is 1. The van der Waals surface area contributed by atoms with Gasteiger partial charge in [0.15, 0.2) is 0 Å². The second-order valence-corrected chi connectivity index (χ2v) is 7.84. The maximum Gasteiger partial charge on any atom is 0.251 e. The monoisotopic (exact) mass is 436 g/mol. The van der Waals surface area contributed by atoms with Crippen LogP contribution in [0, 0.1) is 5.82 Å². The molecule has 4 aromatic rings. The van der Waals surface area contributed by atoms with Crippen LogP contribution >= 0.6 is 11.6 Å². The van der Waals surface area contributed by atoms with Crippen LogP contribution in [-0.4, -0.2) is 30.2 Å². The maximum absolute atomic E-state index is 13.5. The number of nitrogens with zero attached hydrogens (tertiary/aromatic N) is 1. The molecule has 158 valence electrons. The molecule has 6 heteroatoms. The smallest absolute Gasteiger partial charge is 0.251 e. The first kappa shape index (κ1) is 21.1. The molecule has 0 saturated heterocycles. The number of hydrogen-bond acceptors (Lipinski definition) is 2. The second kappa shape index (κ2) is 8.92. The molecule has 1 atom stereocenters. The van der Waals surface area contributed by atoms with Crippen molar-refractivity contribution in [2.75, 3.05) is 13.7 Å². The van der Waals surface area contributed by atoms with Crippen molar-refractivity contribution in [2.24, 2.45) is 0 Å². The van der Waals surface area contributed by atoms with Gasteiger partial charge in [0.25, 0.3) is 5.91 Å². The van der Waals surface area contributed by atoms with Gasteiger partial charge in [0.05, 0.1) is 12.1 Å². The van der Waals surface area contributed by atoms with E-state index in [2.05, 4.69) is 5.32 Å². The topological polar surface area (TPSA) is 43.3 Å². The van der Waals surface area contributed by atoms with E-state index in [-0.39, 0.29) is 17.8 Å². The van der Waals surface area contributed by atoms with Gasteiger partial charge in [-0.15, -0.1) is 0 Å². The van der Waals surface area contributed by atoms with Gasteiger partial charge in [-0.1, -0.05) is 29.8 Å². The van der Waals surface area contributed by atoms with E-state index < -0.39 is 0 Å². The predicted molar refractivity (Wildman–Crippen MR) is 122 cm³/mol. The van der Waals surface area contributed by atoms with Gasteiger partial charge < -0.3 is 14.6 Å². The van der Waals surface area contributed by atoms with E-state index in [0.29, 0.717) is 17.2 Å². The molecule has 1 unspecified atom stereocenters. The van der Waals surface area contributed by atoms with Crippen molar-refractivity contribution in [3.8, 4) is 16.8 Å². The van der Waals surface area contributed by atoms with E-state index >= 15 is 0 Å². The molecular formula is C25H22ClFN2O2. The summed E-state index contributed by atoms with van der Waals surface area (Å²) in [6, 6.07) is 19.3. The molecule has 0 bridgehead atoms. The summed E-state index contributed by atoms with van der Waals surface area (Å²) in [6.45, 7) is 2.32. The number of hydrogen-bond donors (Lipinski definition) is 1. The zero-order valence-electron chi connectivity index (χ0n) is 17.2. The van der Waals surface area contributed by atoms with Crippen LogP contribution in [0.5, 0.6) is 0 Å². The average molecular weight is 437 g/mol. The summed E-state index contributed by atoms with van der Waals surface area (Å²) in [4.78, 5) is 12.8. The van der Waals surface area contributed by atoms with Crippen LogP contribution in [0.1, 0.15) is 17.3 Å². The Morgan fingerprint density at radius 3 is 2.55 bits per heavy atom. The minimum Gasteiger partial charge on any atom is -0.383 e. The fraction of sp³-hybridized carbons (Fsp3) is 0.160. The van der Waals surface area contributed by atoms with Gasteiger partial charge in [0.1, 0.15) is 5.82 Å². The maximum atomic E-state index is 13.5. The average Bonchev–Trinajstić information content (AvgIpc) is 3.13. The van der Waals surface area contributed by atoms with Crippen molar-refractivity contribution in [1.82, 2.24) is 9.88 Å². The first-order chi connectivity index (χ1) is 15.0. The molecule has 0 saturated carbocycles. The molecule has 0 aliphatic carbocycles. The zero-order chi connectivity index (χ0) is 22.0. The fourth-order valence-corrected chi connectivity index (χ4v) is 3.92. The number of amides is 1. The Hall–Kier alpha value is -3.15. The number of aromatic nitrogens is 1. The molecule has 3 aromatic carbocycles. The summed E-state index contributed by atoms with van der Waals surface area (Å²) in [7, 11) is 1.60. The van der Waals surface area contributed by atoms with Crippen LogP contribution in [0.4, 0.5) is 4.39 Å². The van der Waals surface area contributed by atoms with Gasteiger partial charge in [-0.05, 0) is 55.5 Å². The summed E-state index contributed by atoms with van der Waals surface area (Å²) in [5.74, 6) is -0.471. The molecule has 4 rings (SSSR count). The van der Waals surface area contributed by atoms with E-state index in [1.165, 1.54) is 12.1 Å². The van der Waals surface area contributed by atoms with Crippen molar-refractivity contribution in [1.29, 1.82) is 0 Å². The fourth-order valence-electron chi connectivity index (χ4n) is 3.68. The lowest BCUT2D eigenvalue weighted by Crippen LogP contribution is -2.35. The standard InChI is InChI=1S/C25H22ClFN2O2/c1-16(15-31-2)28-25(30)17-7-12-24-21(13-17)22(20-5-3-4-6-23(20)26)14-29(24)19-10-8-18(27)9-11-19/h3-14,16H,15H2,1-2H3,(H,28,30). The number of rotatable bonds is 6. The van der Waals surface area contributed by atoms with Gasteiger partial charge in [0.2, 0.25) is 0 Å². The molecule has 0 aliphatic rings. The number of methoxy groups -OCH3 is 1. The van der Waals surface area contributed by atoms with Crippen LogP contribution < -0.4 is 5.32 Å². The molecular weight excluding hydrogens is 415 g/mol.